The van der Waals surface area contributed by atoms with Crippen LogP contribution in [0.2, 0.25) is 5.02 Å². The first-order valence-corrected chi connectivity index (χ1v) is 10.4. The second-order valence-electron chi connectivity index (χ2n) is 6.86. The number of carbonyl (C=O) groups excluding carboxylic acids is 2. The van der Waals surface area contributed by atoms with Crippen LogP contribution in [0.25, 0.3) is 5.76 Å². The summed E-state index contributed by atoms with van der Waals surface area (Å²) in [5.74, 6) is -2.11. The molecule has 2 aromatic carbocycles. The number of anilines is 1. The zero-order chi connectivity index (χ0) is 23.0. The maximum Gasteiger partial charge on any atom is 0.301 e. The number of aliphatic hydroxyl groups is 1. The van der Waals surface area contributed by atoms with E-state index in [-0.39, 0.29) is 28.2 Å². The molecule has 32 heavy (non-hydrogen) atoms. The first kappa shape index (κ1) is 21.7. The molecular formula is C22H13BrClN3O5. The smallest absolute Gasteiger partial charge is 0.301 e. The van der Waals surface area contributed by atoms with Crippen molar-refractivity contribution in [3.05, 3.63) is 103 Å². The number of amides is 1. The molecule has 0 spiro atoms. The Morgan fingerprint density at radius 2 is 1.84 bits per heavy atom. The van der Waals surface area contributed by atoms with Crippen molar-refractivity contribution in [2.75, 3.05) is 4.90 Å². The Bertz CT molecular complexity index is 1280. The van der Waals surface area contributed by atoms with Gasteiger partial charge in [0.2, 0.25) is 0 Å². The first-order valence-electron chi connectivity index (χ1n) is 9.21. The molecule has 2 heterocycles. The molecule has 8 nitrogen and oxygen atoms in total. The van der Waals surface area contributed by atoms with Gasteiger partial charge in [-0.1, -0.05) is 23.7 Å². The summed E-state index contributed by atoms with van der Waals surface area (Å²) in [6.45, 7) is 0. The molecule has 0 saturated carbocycles. The molecule has 1 aliphatic heterocycles. The average molecular weight is 515 g/mol. The molecule has 1 fully saturated rings. The van der Waals surface area contributed by atoms with Crippen molar-refractivity contribution in [2.45, 2.75) is 6.04 Å². The molecule has 1 aromatic heterocycles. The minimum atomic E-state index is -1.13. The second-order valence-corrected chi connectivity index (χ2v) is 8.21. The lowest BCUT2D eigenvalue weighted by Gasteiger charge is -2.24. The number of hydrogen-bond donors (Lipinski definition) is 1. The molecule has 0 bridgehead atoms. The quantitative estimate of drug-likeness (QED) is 0.172. The Morgan fingerprint density at radius 3 is 2.47 bits per heavy atom. The molecule has 1 aliphatic rings. The molecule has 0 radical (unpaired) electrons. The highest BCUT2D eigenvalue weighted by molar-refractivity contribution is 9.10. The molecular weight excluding hydrogens is 502 g/mol. The van der Waals surface area contributed by atoms with Crippen LogP contribution in [0.1, 0.15) is 17.2 Å². The molecule has 1 saturated heterocycles. The van der Waals surface area contributed by atoms with Crippen molar-refractivity contribution in [3.8, 4) is 0 Å². The number of nitro benzene ring substituents is 1. The third kappa shape index (κ3) is 3.88. The van der Waals surface area contributed by atoms with Gasteiger partial charge in [0.1, 0.15) is 11.6 Å². The van der Waals surface area contributed by atoms with E-state index in [2.05, 4.69) is 20.9 Å². The third-order valence-electron chi connectivity index (χ3n) is 4.92. The topological polar surface area (TPSA) is 114 Å². The van der Waals surface area contributed by atoms with Gasteiger partial charge in [-0.05, 0) is 57.9 Å². The predicted molar refractivity (Wildman–Crippen MR) is 121 cm³/mol. The lowest BCUT2D eigenvalue weighted by Crippen LogP contribution is -2.30. The summed E-state index contributed by atoms with van der Waals surface area (Å²) in [4.78, 5) is 42.1. The third-order valence-corrected chi connectivity index (χ3v) is 5.64. The molecule has 1 amide bonds. The zero-order valence-corrected chi connectivity index (χ0v) is 18.4. The predicted octanol–water partition coefficient (Wildman–Crippen LogP) is 5.03. The van der Waals surface area contributed by atoms with E-state index in [1.165, 1.54) is 54.7 Å². The Morgan fingerprint density at radius 1 is 1.12 bits per heavy atom. The molecule has 4 rings (SSSR count). The summed E-state index contributed by atoms with van der Waals surface area (Å²) in [6, 6.07) is 13.7. The number of rotatable bonds is 4. The van der Waals surface area contributed by atoms with Crippen molar-refractivity contribution in [1.82, 2.24) is 4.98 Å². The fourth-order valence-electron chi connectivity index (χ4n) is 3.47. The summed E-state index contributed by atoms with van der Waals surface area (Å²) in [6.07, 6.45) is 1.46. The van der Waals surface area contributed by atoms with Crippen molar-refractivity contribution in [2.24, 2.45) is 0 Å². The number of halogens is 2. The van der Waals surface area contributed by atoms with Gasteiger partial charge >= 0.3 is 5.91 Å². The maximum absolute atomic E-state index is 13.0. The molecule has 0 aliphatic carbocycles. The molecule has 3 aromatic rings. The van der Waals surface area contributed by atoms with Crippen LogP contribution in [0, 0.1) is 10.1 Å². The van der Waals surface area contributed by atoms with E-state index in [0.717, 1.165) is 4.90 Å². The van der Waals surface area contributed by atoms with Gasteiger partial charge in [0, 0.05) is 33.4 Å². The van der Waals surface area contributed by atoms with E-state index in [1.807, 2.05) is 0 Å². The zero-order valence-electron chi connectivity index (χ0n) is 16.1. The lowest BCUT2D eigenvalue weighted by molar-refractivity contribution is -0.384. The minimum Gasteiger partial charge on any atom is -0.507 e. The number of carbonyl (C=O) groups is 2. The van der Waals surface area contributed by atoms with Crippen LogP contribution in [-0.4, -0.2) is 26.7 Å². The number of Topliss-reactive ketones (excluding diaryl/α,β-unsaturated/α-hetero) is 1. The highest BCUT2D eigenvalue weighted by Crippen LogP contribution is 2.42. The Hall–Kier alpha value is -3.56. The largest absolute Gasteiger partial charge is 0.507 e. The number of aliphatic hydroxyl groups excluding tert-OH is 1. The lowest BCUT2D eigenvalue weighted by atomic mass is 9.95. The Labute approximate surface area is 195 Å². The van der Waals surface area contributed by atoms with Crippen LogP contribution < -0.4 is 4.90 Å². The molecule has 0 unspecified atom stereocenters. The van der Waals surface area contributed by atoms with Crippen LogP contribution >= 0.6 is 27.5 Å². The average Bonchev–Trinajstić information content (AvgIpc) is 3.05. The van der Waals surface area contributed by atoms with Gasteiger partial charge < -0.3 is 5.11 Å². The van der Waals surface area contributed by atoms with E-state index < -0.39 is 28.4 Å². The van der Waals surface area contributed by atoms with E-state index in [4.69, 9.17) is 11.6 Å². The number of nitro groups is 1. The Balaban J connectivity index is 1.96. The van der Waals surface area contributed by atoms with E-state index in [1.54, 1.807) is 12.1 Å². The normalized spacial score (nSPS) is 17.6. The summed E-state index contributed by atoms with van der Waals surface area (Å²) in [5, 5.41) is 22.7. The van der Waals surface area contributed by atoms with Gasteiger partial charge in [-0.25, -0.2) is 4.98 Å². The van der Waals surface area contributed by atoms with Gasteiger partial charge in [-0.3, -0.25) is 24.6 Å². The summed E-state index contributed by atoms with van der Waals surface area (Å²) < 4.78 is 0.658. The van der Waals surface area contributed by atoms with Gasteiger partial charge in [0.05, 0.1) is 16.5 Å². The van der Waals surface area contributed by atoms with Crippen molar-refractivity contribution in [1.29, 1.82) is 0 Å². The minimum absolute atomic E-state index is 0.155. The number of hydrogen-bond acceptors (Lipinski definition) is 6. The number of non-ortho nitro benzene ring substituents is 1. The molecule has 160 valence electrons. The van der Waals surface area contributed by atoms with Crippen LogP contribution in [0.5, 0.6) is 0 Å². The highest BCUT2D eigenvalue weighted by atomic mass is 79.9. The standard InChI is InChI=1S/C22H13BrClN3O5/c23-14-6-9-17(25-11-14)26-19(13-2-1-3-16(10-13)27(31)32)18(21(29)22(26)30)20(28)12-4-7-15(24)8-5-12/h1-11,19,28H/t19-/m0/s1. The molecule has 1 N–H and O–H groups in total. The van der Waals surface area contributed by atoms with Gasteiger partial charge in [0.15, 0.2) is 0 Å². The van der Waals surface area contributed by atoms with Gasteiger partial charge in [-0.15, -0.1) is 0 Å². The second kappa shape index (κ2) is 8.52. The van der Waals surface area contributed by atoms with Crippen LogP contribution in [-0.2, 0) is 9.59 Å². The van der Waals surface area contributed by atoms with Crippen molar-refractivity contribution < 1.29 is 19.6 Å². The number of nitrogens with zero attached hydrogens (tertiary/aromatic N) is 3. The fraction of sp³-hybridized carbons (Fsp3) is 0.0455. The number of pyridine rings is 1. The van der Waals surface area contributed by atoms with E-state index in [9.17, 15) is 24.8 Å². The SMILES string of the molecule is O=C1C(=O)N(c2ccc(Br)cn2)[C@@H](c2cccc([N+](=O)[O-])c2)C1=C(O)c1ccc(Cl)cc1. The maximum atomic E-state index is 13.0. The monoisotopic (exact) mass is 513 g/mol. The van der Waals surface area contributed by atoms with Gasteiger partial charge in [-0.2, -0.15) is 0 Å². The summed E-state index contributed by atoms with van der Waals surface area (Å²) in [5.41, 5.74) is 0.121. The Kier molecular flexibility index (Phi) is 5.77. The van der Waals surface area contributed by atoms with Crippen LogP contribution in [0.15, 0.2) is 76.9 Å². The molecule has 10 heteroatoms. The number of aromatic nitrogens is 1. The highest BCUT2D eigenvalue weighted by Gasteiger charge is 2.47. The van der Waals surface area contributed by atoms with Gasteiger partial charge in [0.25, 0.3) is 11.5 Å². The fourth-order valence-corrected chi connectivity index (χ4v) is 3.83. The van der Waals surface area contributed by atoms with Crippen molar-refractivity contribution in [3.63, 3.8) is 0 Å². The van der Waals surface area contributed by atoms with E-state index in [0.29, 0.717) is 9.50 Å². The number of ketones is 1. The van der Waals surface area contributed by atoms with Crippen LogP contribution in [0.3, 0.4) is 0 Å². The first-order chi connectivity index (χ1) is 15.3. The molecule has 1 atom stereocenters. The van der Waals surface area contributed by atoms with E-state index >= 15 is 0 Å². The number of benzene rings is 2. The van der Waals surface area contributed by atoms with Crippen molar-refractivity contribution >= 4 is 56.5 Å². The summed E-state index contributed by atoms with van der Waals surface area (Å²) >= 11 is 9.18. The summed E-state index contributed by atoms with van der Waals surface area (Å²) in [7, 11) is 0. The van der Waals surface area contributed by atoms with Crippen LogP contribution in [0.4, 0.5) is 11.5 Å².